The van der Waals surface area contributed by atoms with E-state index in [0.717, 1.165) is 28.7 Å². The van der Waals surface area contributed by atoms with Crippen LogP contribution in [-0.2, 0) is 17.1 Å². The molecule has 0 spiro atoms. The highest BCUT2D eigenvalue weighted by Gasteiger charge is 2.22. The highest BCUT2D eigenvalue weighted by Crippen LogP contribution is 2.27. The fraction of sp³-hybridized carbons (Fsp3) is 0.258. The van der Waals surface area contributed by atoms with Crippen molar-refractivity contribution in [2.45, 2.75) is 50.7 Å². The van der Waals surface area contributed by atoms with Crippen LogP contribution in [0.3, 0.4) is 0 Å². The molecule has 0 bridgehead atoms. The van der Waals surface area contributed by atoms with Gasteiger partial charge >= 0.3 is 0 Å². The van der Waals surface area contributed by atoms with Gasteiger partial charge in [0.05, 0.1) is 6.04 Å². The molecule has 1 atom stereocenters. The molecule has 202 valence electrons. The minimum atomic E-state index is -0.320. The predicted octanol–water partition coefficient (Wildman–Crippen LogP) is 7.30. The van der Waals surface area contributed by atoms with E-state index in [1.165, 1.54) is 23.9 Å². The molecule has 0 radical (unpaired) electrons. The lowest BCUT2D eigenvalue weighted by Gasteiger charge is -2.30. The van der Waals surface area contributed by atoms with Crippen LogP contribution in [0, 0.1) is 12.7 Å². The second-order valence-electron chi connectivity index (χ2n) is 9.45. The Labute approximate surface area is 237 Å². The minimum Gasteiger partial charge on any atom is -0.334 e. The Morgan fingerprint density at radius 3 is 2.26 bits per heavy atom. The van der Waals surface area contributed by atoms with Gasteiger partial charge in [-0.05, 0) is 66.8 Å². The molecule has 4 aromatic rings. The molecule has 0 aliphatic rings. The molecule has 0 aliphatic carbocycles. The smallest absolute Gasteiger partial charge is 0.276 e. The van der Waals surface area contributed by atoms with Crippen LogP contribution in [0.1, 0.15) is 43.0 Å². The van der Waals surface area contributed by atoms with Crippen LogP contribution < -0.4 is 5.56 Å². The van der Waals surface area contributed by atoms with Gasteiger partial charge in [-0.2, -0.15) is 4.98 Å². The number of hydrogen-bond donors (Lipinski definition) is 0. The number of hydrogen-bond acceptors (Lipinski definition) is 4. The van der Waals surface area contributed by atoms with Crippen molar-refractivity contribution in [1.29, 1.82) is 0 Å². The van der Waals surface area contributed by atoms with Crippen LogP contribution >= 0.6 is 23.4 Å². The highest BCUT2D eigenvalue weighted by molar-refractivity contribution is 7.98. The molecule has 0 aliphatic heterocycles. The summed E-state index contributed by atoms with van der Waals surface area (Å²) in [6, 6.07) is 22.0. The van der Waals surface area contributed by atoms with E-state index in [4.69, 9.17) is 11.6 Å². The molecule has 0 N–H and O–H groups in total. The van der Waals surface area contributed by atoms with E-state index in [0.29, 0.717) is 28.0 Å². The number of halogens is 2. The zero-order valence-corrected chi connectivity index (χ0v) is 23.8. The van der Waals surface area contributed by atoms with Crippen molar-refractivity contribution in [3.8, 4) is 11.1 Å². The second kappa shape index (κ2) is 13.1. The molecule has 0 fully saturated rings. The Morgan fingerprint density at radius 1 is 1.03 bits per heavy atom. The Balaban J connectivity index is 1.52. The van der Waals surface area contributed by atoms with E-state index in [1.54, 1.807) is 29.8 Å². The van der Waals surface area contributed by atoms with Gasteiger partial charge in [0.1, 0.15) is 12.4 Å². The maximum Gasteiger partial charge on any atom is 0.276 e. The summed E-state index contributed by atoms with van der Waals surface area (Å²) < 4.78 is 15.0. The number of aromatic nitrogens is 2. The first-order valence-electron chi connectivity index (χ1n) is 12.9. The molecule has 39 heavy (non-hydrogen) atoms. The molecule has 1 aromatic heterocycles. The summed E-state index contributed by atoms with van der Waals surface area (Å²) in [5, 5.41) is 1.16. The van der Waals surface area contributed by atoms with Crippen LogP contribution in [0.25, 0.3) is 11.1 Å². The summed E-state index contributed by atoms with van der Waals surface area (Å²) in [5.41, 5.74) is 4.24. The van der Waals surface area contributed by atoms with Crippen LogP contribution in [0.5, 0.6) is 0 Å². The van der Waals surface area contributed by atoms with Gasteiger partial charge < -0.3 is 9.47 Å². The Morgan fingerprint density at radius 2 is 1.64 bits per heavy atom. The molecule has 0 saturated heterocycles. The lowest BCUT2D eigenvalue weighted by atomic mass is 10.0. The lowest BCUT2D eigenvalue weighted by Crippen LogP contribution is -2.37. The average Bonchev–Trinajstić information content (AvgIpc) is 2.94. The normalized spacial score (nSPS) is 11.8. The predicted molar refractivity (Wildman–Crippen MR) is 157 cm³/mol. The summed E-state index contributed by atoms with van der Waals surface area (Å²) in [6.45, 7) is 6.44. The van der Waals surface area contributed by atoms with Gasteiger partial charge in [-0.25, -0.2) is 4.39 Å². The van der Waals surface area contributed by atoms with Crippen LogP contribution in [-0.4, -0.2) is 26.9 Å². The third-order valence-corrected chi connectivity index (χ3v) is 7.85. The van der Waals surface area contributed by atoms with Gasteiger partial charge in [-0.15, -0.1) is 0 Å². The van der Waals surface area contributed by atoms with Gasteiger partial charge in [-0.3, -0.25) is 9.59 Å². The maximum atomic E-state index is 13.6. The third kappa shape index (κ3) is 7.37. The number of amides is 1. The van der Waals surface area contributed by atoms with Gasteiger partial charge in [0, 0.05) is 29.1 Å². The van der Waals surface area contributed by atoms with Gasteiger partial charge in [0.25, 0.3) is 5.56 Å². The average molecular weight is 564 g/mol. The number of rotatable bonds is 10. The van der Waals surface area contributed by atoms with Crippen molar-refractivity contribution in [1.82, 2.24) is 14.5 Å². The Kier molecular flexibility index (Phi) is 9.59. The van der Waals surface area contributed by atoms with Crippen molar-refractivity contribution in [3.05, 3.63) is 117 Å². The highest BCUT2D eigenvalue weighted by atomic mass is 35.5. The number of thioether (sulfide) groups is 1. The molecule has 5 nitrogen and oxygen atoms in total. The second-order valence-corrected chi connectivity index (χ2v) is 10.8. The zero-order chi connectivity index (χ0) is 27.9. The van der Waals surface area contributed by atoms with Gasteiger partial charge in [0.2, 0.25) is 5.91 Å². The van der Waals surface area contributed by atoms with E-state index >= 15 is 0 Å². The monoisotopic (exact) mass is 563 g/mol. The van der Waals surface area contributed by atoms with Crippen LogP contribution in [0.2, 0.25) is 5.02 Å². The lowest BCUT2D eigenvalue weighted by molar-refractivity contribution is -0.134. The number of carbonyl (C=O) groups is 1. The maximum absolute atomic E-state index is 13.6. The number of benzene rings is 3. The van der Waals surface area contributed by atoms with Crippen LogP contribution in [0.4, 0.5) is 4.39 Å². The van der Waals surface area contributed by atoms with E-state index in [9.17, 15) is 14.0 Å². The summed E-state index contributed by atoms with van der Waals surface area (Å²) in [5.74, 6) is 0.142. The molecule has 1 heterocycles. The van der Waals surface area contributed by atoms with E-state index < -0.39 is 0 Å². The minimum absolute atomic E-state index is 0.0559. The molecular formula is C31H31ClFN3O2S. The summed E-state index contributed by atoms with van der Waals surface area (Å²) in [4.78, 5) is 32.1. The van der Waals surface area contributed by atoms with Gasteiger partial charge in [-0.1, -0.05) is 78.8 Å². The number of nitrogens with zero attached hydrogens (tertiary/aromatic N) is 3. The van der Waals surface area contributed by atoms with E-state index in [-0.39, 0.29) is 29.9 Å². The summed E-state index contributed by atoms with van der Waals surface area (Å²) >= 11 is 7.37. The summed E-state index contributed by atoms with van der Waals surface area (Å²) in [7, 11) is 0. The molecule has 3 aromatic carbocycles. The van der Waals surface area contributed by atoms with Crippen molar-refractivity contribution < 1.29 is 9.18 Å². The van der Waals surface area contributed by atoms with E-state index in [2.05, 4.69) is 29.2 Å². The molecular weight excluding hydrogens is 533 g/mol. The SMILES string of the molecule is CCCN(C(=O)Cn1cc(C)c(=O)nc1SCc1ccc(F)cc1)C(C)c1ccc(-c2ccc(Cl)cc2)cc1. The first-order valence-corrected chi connectivity index (χ1v) is 14.2. The number of carbonyl (C=O) groups excluding carboxylic acids is 1. The van der Waals surface area contributed by atoms with Crippen molar-refractivity contribution in [2.75, 3.05) is 6.54 Å². The van der Waals surface area contributed by atoms with Crippen LogP contribution in [0.15, 0.2) is 88.9 Å². The molecule has 0 saturated carbocycles. The first kappa shape index (κ1) is 28.6. The Hall–Kier alpha value is -3.42. The number of aryl methyl sites for hydroxylation is 1. The fourth-order valence-electron chi connectivity index (χ4n) is 4.33. The molecule has 1 amide bonds. The molecule has 8 heteroatoms. The van der Waals surface area contributed by atoms with E-state index in [1.807, 2.05) is 43.0 Å². The third-order valence-electron chi connectivity index (χ3n) is 6.54. The topological polar surface area (TPSA) is 55.2 Å². The Bertz CT molecular complexity index is 1470. The van der Waals surface area contributed by atoms with Crippen molar-refractivity contribution in [2.24, 2.45) is 0 Å². The largest absolute Gasteiger partial charge is 0.334 e. The summed E-state index contributed by atoms with van der Waals surface area (Å²) in [6.07, 6.45) is 2.50. The fourth-order valence-corrected chi connectivity index (χ4v) is 5.37. The van der Waals surface area contributed by atoms with Crippen molar-refractivity contribution in [3.63, 3.8) is 0 Å². The molecule has 4 rings (SSSR count). The van der Waals surface area contributed by atoms with Gasteiger partial charge in [0.15, 0.2) is 5.16 Å². The molecule has 1 unspecified atom stereocenters. The van der Waals surface area contributed by atoms with Crippen molar-refractivity contribution >= 4 is 29.3 Å². The first-order chi connectivity index (χ1) is 18.7. The quantitative estimate of drug-likeness (QED) is 0.150. The zero-order valence-electron chi connectivity index (χ0n) is 22.2. The standard InChI is InChI=1S/C31H31ClFN3O2S/c1-4-17-36(22(3)24-7-9-25(10-8-24)26-11-13-27(32)14-12-26)29(37)19-35-18-21(2)30(38)34-31(35)39-20-23-5-15-28(33)16-6-23/h5-16,18,22H,4,17,19-20H2,1-3H3.